The molecule has 9 N–H and O–H groups in total. The average molecular weight is 217 g/mol. The molecule has 0 unspecified atom stereocenters. The molecule has 10 heavy (non-hydrogen) atoms. The molecule has 6 heteroatoms. The van der Waals surface area contributed by atoms with Gasteiger partial charge in [-0.1, -0.05) is 0 Å². The summed E-state index contributed by atoms with van der Waals surface area (Å²) in [6.07, 6.45) is 0. The third-order valence-corrected chi connectivity index (χ3v) is 0. The predicted molar refractivity (Wildman–Crippen MR) is 59.3 cm³/mol. The molecular weight excluding hydrogens is 196 g/mol. The Labute approximate surface area is 82.3 Å². The first-order valence-electron chi connectivity index (χ1n) is 1.000. The maximum atomic E-state index is 3.00. The van der Waals surface area contributed by atoms with Gasteiger partial charge in [-0.05, 0) is 0 Å². The lowest BCUT2D eigenvalue weighted by atomic mass is 11.3. The van der Waals surface area contributed by atoms with Crippen LogP contribution in [0.2, 0.25) is 0 Å². The van der Waals surface area contributed by atoms with Gasteiger partial charge in [0.05, 0.1) is 0 Å². The van der Waals surface area contributed by atoms with Crippen molar-refractivity contribution in [2.45, 2.75) is 0 Å². The van der Waals surface area contributed by atoms with Crippen molar-refractivity contribution in [1.29, 1.82) is 0 Å². The molecule has 0 heterocycles. The lowest BCUT2D eigenvalue weighted by molar-refractivity contribution is 2.13. The Bertz CT molecular complexity index is 17.7. The minimum absolute atomic E-state index is 0. The number of rotatable bonds is 0. The van der Waals surface area contributed by atoms with Crippen molar-refractivity contribution in [2.24, 2.45) is 0 Å². The second-order valence-electron chi connectivity index (χ2n) is 0. The minimum atomic E-state index is 0. The van der Waals surface area contributed by atoms with Crippen molar-refractivity contribution in [3.05, 3.63) is 26.3 Å². The molecule has 0 rings (SSSR count). The smallest absolute Gasteiger partial charge is 0.106 e. The monoisotopic (exact) mass is 215 g/mol. The first-order chi connectivity index (χ1) is 2.00. The normalized spacial score (nSPS) is 0.800. The van der Waals surface area contributed by atoms with E-state index >= 15 is 0 Å². The molecule has 0 aliphatic rings. The van der Waals surface area contributed by atoms with Crippen molar-refractivity contribution < 1.29 is 0 Å². The van der Waals surface area contributed by atoms with Crippen molar-refractivity contribution >= 4 is 37.2 Å². The van der Waals surface area contributed by atoms with Crippen molar-refractivity contribution in [3.8, 4) is 0 Å². The van der Waals surface area contributed by atoms with Gasteiger partial charge >= 0.3 is 0 Å². The SMILES string of the molecule is C=C.C=C.Cl.Cl.Cl.N.N.N. The van der Waals surface area contributed by atoms with E-state index in [4.69, 9.17) is 0 Å². The molecule has 0 aromatic heterocycles. The van der Waals surface area contributed by atoms with E-state index in [1.165, 1.54) is 0 Å². The first kappa shape index (κ1) is 175. The van der Waals surface area contributed by atoms with E-state index in [-0.39, 0.29) is 55.7 Å². The number of hydrogen-bond acceptors (Lipinski definition) is 3. The van der Waals surface area contributed by atoms with Crippen molar-refractivity contribution in [3.63, 3.8) is 0 Å². The second kappa shape index (κ2) is 11800. The van der Waals surface area contributed by atoms with Crippen LogP contribution < -0.4 is 18.5 Å². The largest absolute Gasteiger partial charge is 0.344 e. The topological polar surface area (TPSA) is 105 Å². The molecule has 0 radical (unpaired) electrons. The van der Waals surface area contributed by atoms with Crippen LogP contribution in [0.25, 0.3) is 0 Å². The summed E-state index contributed by atoms with van der Waals surface area (Å²) in [5, 5.41) is 0. The highest BCUT2D eigenvalue weighted by Crippen LogP contribution is 0.864. The quantitative estimate of drug-likeness (QED) is 0.541. The lowest BCUT2D eigenvalue weighted by Gasteiger charge is -0.813. The maximum absolute atomic E-state index is 3.00. The molecule has 0 atom stereocenters. The van der Waals surface area contributed by atoms with E-state index in [1.807, 2.05) is 0 Å². The van der Waals surface area contributed by atoms with Crippen LogP contribution in [0, 0.1) is 0 Å². The van der Waals surface area contributed by atoms with E-state index in [0.29, 0.717) is 0 Å². The van der Waals surface area contributed by atoms with Gasteiger partial charge in [-0.15, -0.1) is 63.5 Å². The zero-order chi connectivity index (χ0) is 4.00. The zero-order valence-electron chi connectivity index (χ0n) is 6.17. The highest BCUT2D eigenvalue weighted by molar-refractivity contribution is 5.86. The first-order valence-corrected chi connectivity index (χ1v) is 1.000. The fourth-order valence-corrected chi connectivity index (χ4v) is 0. The van der Waals surface area contributed by atoms with Gasteiger partial charge in [-0.25, -0.2) is 0 Å². The summed E-state index contributed by atoms with van der Waals surface area (Å²) in [6, 6.07) is 0. The Morgan fingerprint density at radius 1 is 0.400 bits per heavy atom. The summed E-state index contributed by atoms with van der Waals surface area (Å²) in [5.74, 6) is 0. The van der Waals surface area contributed by atoms with Gasteiger partial charge in [-0.3, -0.25) is 0 Å². The molecule has 0 saturated heterocycles. The van der Waals surface area contributed by atoms with Crippen LogP contribution >= 0.6 is 37.2 Å². The molecule has 0 aromatic carbocycles. The van der Waals surface area contributed by atoms with E-state index in [2.05, 4.69) is 26.3 Å². The summed E-state index contributed by atoms with van der Waals surface area (Å²) in [7, 11) is 0. The fourth-order valence-electron chi connectivity index (χ4n) is 0. The standard InChI is InChI=1S/2C2H4.3ClH.3H3N/c2*1-2;;;;;;/h2*1-2H2;3*1H;3*1H3. The summed E-state index contributed by atoms with van der Waals surface area (Å²) in [4.78, 5) is 0. The van der Waals surface area contributed by atoms with E-state index in [9.17, 15) is 0 Å². The molecule has 0 aliphatic carbocycles. The van der Waals surface area contributed by atoms with Gasteiger partial charge in [0.1, 0.15) is 0 Å². The van der Waals surface area contributed by atoms with E-state index in [0.717, 1.165) is 0 Å². The Balaban J connectivity index is -0.000000000833. The minimum Gasteiger partial charge on any atom is -0.344 e. The second-order valence-corrected chi connectivity index (χ2v) is 0. The highest BCUT2D eigenvalue weighted by atomic mass is 35.5. The average Bonchev–Trinajstić information content (AvgIpc) is 1.50. The van der Waals surface area contributed by atoms with Gasteiger partial charge in [0.25, 0.3) is 0 Å². The van der Waals surface area contributed by atoms with Gasteiger partial charge in [0.15, 0.2) is 0 Å². The van der Waals surface area contributed by atoms with Gasteiger partial charge in [0.2, 0.25) is 0 Å². The van der Waals surface area contributed by atoms with Crippen molar-refractivity contribution in [2.75, 3.05) is 0 Å². The van der Waals surface area contributed by atoms with Gasteiger partial charge in [0, 0.05) is 0 Å². The lowest BCUT2D eigenvalue weighted by Crippen LogP contribution is -0.552. The Morgan fingerprint density at radius 2 is 0.400 bits per heavy atom. The Kier molecular flexibility index (Phi) is 207000. The van der Waals surface area contributed by atoms with Crippen LogP contribution in [0.3, 0.4) is 0 Å². The third kappa shape index (κ3) is 8130. The highest BCUT2D eigenvalue weighted by Gasteiger charge is 0.603. The summed E-state index contributed by atoms with van der Waals surface area (Å²) < 4.78 is 0. The van der Waals surface area contributed by atoms with Gasteiger partial charge < -0.3 is 18.5 Å². The van der Waals surface area contributed by atoms with Crippen LogP contribution in [0.5, 0.6) is 0 Å². The molecule has 0 fully saturated rings. The van der Waals surface area contributed by atoms with Crippen LogP contribution in [0.1, 0.15) is 0 Å². The van der Waals surface area contributed by atoms with E-state index in [1.54, 1.807) is 0 Å². The summed E-state index contributed by atoms with van der Waals surface area (Å²) >= 11 is 0. The Hall–Kier alpha value is 0.230. The zero-order valence-corrected chi connectivity index (χ0v) is 8.62. The van der Waals surface area contributed by atoms with Crippen LogP contribution in [0.4, 0.5) is 0 Å². The van der Waals surface area contributed by atoms with Crippen LogP contribution in [0.15, 0.2) is 26.3 Å². The van der Waals surface area contributed by atoms with Crippen LogP contribution in [-0.2, 0) is 0 Å². The molecule has 72 valence electrons. The van der Waals surface area contributed by atoms with E-state index < -0.39 is 0 Å². The third-order valence-electron chi connectivity index (χ3n) is 0. The summed E-state index contributed by atoms with van der Waals surface area (Å²) in [6.45, 7) is 12.0. The fraction of sp³-hybridized carbons (Fsp3) is 0. The molecule has 0 aliphatic heterocycles. The summed E-state index contributed by atoms with van der Waals surface area (Å²) in [5.41, 5.74) is 0. The molecule has 3 nitrogen and oxygen atoms in total. The molecule has 0 amide bonds. The van der Waals surface area contributed by atoms with Crippen LogP contribution in [-0.4, -0.2) is 0 Å². The molecular formula is C4H20Cl3N3. The number of halogens is 3. The molecule has 0 bridgehead atoms. The van der Waals surface area contributed by atoms with Gasteiger partial charge in [-0.2, -0.15) is 0 Å². The molecule has 0 saturated carbocycles. The predicted octanol–water partition coefficient (Wildman–Crippen LogP) is 3.36. The Morgan fingerprint density at radius 3 is 0.400 bits per heavy atom. The molecule has 0 aromatic rings. The maximum Gasteiger partial charge on any atom is -0.106 e. The van der Waals surface area contributed by atoms with Crippen molar-refractivity contribution in [1.82, 2.24) is 18.5 Å². The molecule has 0 spiro atoms. The number of hydrogen-bond donors (Lipinski definition) is 3.